The van der Waals surface area contributed by atoms with Gasteiger partial charge in [-0.2, -0.15) is 4.98 Å². The maximum absolute atomic E-state index is 12.0. The van der Waals surface area contributed by atoms with Gasteiger partial charge >= 0.3 is 5.69 Å². The van der Waals surface area contributed by atoms with Crippen LogP contribution in [-0.2, 0) is 13.6 Å². The van der Waals surface area contributed by atoms with E-state index in [0.717, 1.165) is 4.57 Å². The van der Waals surface area contributed by atoms with Gasteiger partial charge in [0.15, 0.2) is 11.2 Å². The third-order valence-electron chi connectivity index (χ3n) is 2.50. The third kappa shape index (κ3) is 1.88. The minimum absolute atomic E-state index is 0.111. The fourth-order valence-corrected chi connectivity index (χ4v) is 1.91. The van der Waals surface area contributed by atoms with Gasteiger partial charge in [-0.15, -0.1) is 0 Å². The van der Waals surface area contributed by atoms with Crippen molar-refractivity contribution in [3.63, 3.8) is 0 Å². The van der Waals surface area contributed by atoms with Crippen molar-refractivity contribution >= 4 is 22.8 Å². The van der Waals surface area contributed by atoms with E-state index in [4.69, 9.17) is 11.6 Å². The fourth-order valence-electron chi connectivity index (χ4n) is 1.74. The highest BCUT2D eigenvalue weighted by atomic mass is 35.5. The Labute approximate surface area is 102 Å². The first kappa shape index (κ1) is 11.9. The molecule has 0 aliphatic heterocycles. The van der Waals surface area contributed by atoms with Crippen LogP contribution in [0.5, 0.6) is 0 Å². The van der Waals surface area contributed by atoms with Crippen LogP contribution in [0.1, 0.15) is 13.8 Å². The van der Waals surface area contributed by atoms with E-state index in [-0.39, 0.29) is 22.4 Å². The van der Waals surface area contributed by atoms with Gasteiger partial charge in [0.05, 0.1) is 0 Å². The van der Waals surface area contributed by atoms with E-state index in [0.29, 0.717) is 12.2 Å². The number of hydrogen-bond acceptors (Lipinski definition) is 3. The van der Waals surface area contributed by atoms with Gasteiger partial charge in [-0.25, -0.2) is 4.79 Å². The first-order valence-electron chi connectivity index (χ1n) is 5.27. The zero-order valence-electron chi connectivity index (χ0n) is 9.82. The summed E-state index contributed by atoms with van der Waals surface area (Å²) < 4.78 is 2.52. The number of imidazole rings is 1. The molecular formula is C10H13ClN4O2. The predicted octanol–water partition coefficient (Wildman–Crippen LogP) is 0.733. The van der Waals surface area contributed by atoms with Crippen molar-refractivity contribution < 1.29 is 0 Å². The molecule has 1 N–H and O–H groups in total. The Morgan fingerprint density at radius 3 is 2.65 bits per heavy atom. The van der Waals surface area contributed by atoms with Gasteiger partial charge in [0.1, 0.15) is 0 Å². The van der Waals surface area contributed by atoms with Crippen LogP contribution in [0, 0.1) is 5.92 Å². The van der Waals surface area contributed by atoms with Crippen LogP contribution < -0.4 is 11.2 Å². The third-order valence-corrected chi connectivity index (χ3v) is 2.67. The number of fused-ring (bicyclic) bond motifs is 1. The lowest BCUT2D eigenvalue weighted by Gasteiger charge is -2.10. The highest BCUT2D eigenvalue weighted by Crippen LogP contribution is 2.10. The number of H-pyrrole nitrogens is 1. The average Bonchev–Trinajstić information content (AvgIpc) is 2.63. The smallest absolute Gasteiger partial charge is 0.323 e. The molecule has 7 heteroatoms. The molecule has 0 amide bonds. The van der Waals surface area contributed by atoms with Crippen LogP contribution in [-0.4, -0.2) is 19.1 Å². The molecular weight excluding hydrogens is 244 g/mol. The Kier molecular flexibility index (Phi) is 2.82. The first-order valence-corrected chi connectivity index (χ1v) is 5.64. The quantitative estimate of drug-likeness (QED) is 0.806. The summed E-state index contributed by atoms with van der Waals surface area (Å²) in [4.78, 5) is 30.5. The van der Waals surface area contributed by atoms with Gasteiger partial charge < -0.3 is 4.98 Å². The van der Waals surface area contributed by atoms with E-state index in [1.54, 1.807) is 0 Å². The summed E-state index contributed by atoms with van der Waals surface area (Å²) in [7, 11) is 1.44. The Bertz CT molecular complexity index is 680. The van der Waals surface area contributed by atoms with Crippen molar-refractivity contribution in [2.24, 2.45) is 13.0 Å². The van der Waals surface area contributed by atoms with Gasteiger partial charge in [0.25, 0.3) is 5.56 Å². The molecule has 0 aliphatic rings. The van der Waals surface area contributed by atoms with Crippen LogP contribution in [0.4, 0.5) is 0 Å². The van der Waals surface area contributed by atoms with E-state index < -0.39 is 5.56 Å². The highest BCUT2D eigenvalue weighted by Gasteiger charge is 2.15. The molecule has 0 aliphatic carbocycles. The molecule has 2 heterocycles. The van der Waals surface area contributed by atoms with Crippen LogP contribution in [0.2, 0.25) is 5.28 Å². The van der Waals surface area contributed by atoms with Crippen LogP contribution >= 0.6 is 11.6 Å². The fraction of sp³-hybridized carbons (Fsp3) is 0.500. The van der Waals surface area contributed by atoms with E-state index in [2.05, 4.69) is 9.97 Å². The largest absolute Gasteiger partial charge is 0.332 e. The highest BCUT2D eigenvalue weighted by molar-refractivity contribution is 6.28. The summed E-state index contributed by atoms with van der Waals surface area (Å²) in [6, 6.07) is 0. The van der Waals surface area contributed by atoms with Gasteiger partial charge in [-0.3, -0.25) is 13.9 Å². The summed E-state index contributed by atoms with van der Waals surface area (Å²) in [6.45, 7) is 4.46. The zero-order chi connectivity index (χ0) is 12.7. The minimum Gasteiger partial charge on any atom is -0.323 e. The molecule has 0 bridgehead atoms. The molecule has 6 nitrogen and oxygen atoms in total. The second kappa shape index (κ2) is 4.03. The molecule has 2 aromatic rings. The summed E-state index contributed by atoms with van der Waals surface area (Å²) in [5.41, 5.74) is -0.210. The lowest BCUT2D eigenvalue weighted by molar-refractivity contribution is 0.500. The lowest BCUT2D eigenvalue weighted by atomic mass is 10.2. The molecule has 0 fully saturated rings. The van der Waals surface area contributed by atoms with E-state index in [1.807, 2.05) is 13.8 Å². The molecule has 0 radical (unpaired) electrons. The molecule has 0 atom stereocenters. The zero-order valence-corrected chi connectivity index (χ0v) is 10.6. The van der Waals surface area contributed by atoms with Crippen molar-refractivity contribution in [1.29, 1.82) is 0 Å². The number of aromatic nitrogens is 4. The Hall–Kier alpha value is -1.56. The molecule has 0 aromatic carbocycles. The molecule has 0 spiro atoms. The van der Waals surface area contributed by atoms with E-state index in [9.17, 15) is 9.59 Å². The van der Waals surface area contributed by atoms with Gasteiger partial charge in [-0.05, 0) is 17.5 Å². The van der Waals surface area contributed by atoms with Gasteiger partial charge in [-0.1, -0.05) is 13.8 Å². The maximum atomic E-state index is 12.0. The van der Waals surface area contributed by atoms with Crippen molar-refractivity contribution in [2.45, 2.75) is 20.4 Å². The average molecular weight is 257 g/mol. The molecule has 17 heavy (non-hydrogen) atoms. The van der Waals surface area contributed by atoms with Crippen LogP contribution in [0.15, 0.2) is 9.59 Å². The molecule has 2 aromatic heterocycles. The first-order chi connectivity index (χ1) is 7.91. The summed E-state index contributed by atoms with van der Waals surface area (Å²) in [5.74, 6) is 0.267. The lowest BCUT2D eigenvalue weighted by Crippen LogP contribution is -2.38. The normalized spacial score (nSPS) is 11.6. The number of nitrogens with zero attached hydrogens (tertiary/aromatic N) is 3. The van der Waals surface area contributed by atoms with Crippen LogP contribution in [0.3, 0.4) is 0 Å². The Morgan fingerprint density at radius 1 is 1.41 bits per heavy atom. The SMILES string of the molecule is CC(C)Cn1c(=O)n(C)c(=O)c2[nH]c(Cl)nc21. The van der Waals surface area contributed by atoms with Crippen molar-refractivity contribution in [3.8, 4) is 0 Å². The second-order valence-corrected chi connectivity index (χ2v) is 4.74. The molecule has 2 rings (SSSR count). The number of hydrogen-bond donors (Lipinski definition) is 1. The van der Waals surface area contributed by atoms with Crippen molar-refractivity contribution in [1.82, 2.24) is 19.1 Å². The molecule has 0 unspecified atom stereocenters. The Balaban J connectivity index is 2.90. The Morgan fingerprint density at radius 2 is 2.06 bits per heavy atom. The molecule has 92 valence electrons. The number of nitrogens with one attached hydrogen (secondary N) is 1. The van der Waals surface area contributed by atoms with Crippen molar-refractivity contribution in [2.75, 3.05) is 0 Å². The van der Waals surface area contributed by atoms with Crippen LogP contribution in [0.25, 0.3) is 11.2 Å². The van der Waals surface area contributed by atoms with E-state index >= 15 is 0 Å². The second-order valence-electron chi connectivity index (χ2n) is 4.38. The topological polar surface area (TPSA) is 72.7 Å². The van der Waals surface area contributed by atoms with Crippen molar-refractivity contribution in [3.05, 3.63) is 26.1 Å². The summed E-state index contributed by atoms with van der Waals surface area (Å²) >= 11 is 5.74. The van der Waals surface area contributed by atoms with Gasteiger partial charge in [0.2, 0.25) is 5.28 Å². The predicted molar refractivity (Wildman–Crippen MR) is 65.4 cm³/mol. The number of aromatic amines is 1. The molecule has 0 saturated carbocycles. The monoisotopic (exact) mass is 256 g/mol. The minimum atomic E-state index is -0.413. The number of rotatable bonds is 2. The standard InChI is InChI=1S/C10H13ClN4O2/c1-5(2)4-15-7-6(12-9(11)13-7)8(16)14(3)10(15)17/h5H,4H2,1-3H3,(H,12,13). The summed E-state index contributed by atoms with van der Waals surface area (Å²) in [6.07, 6.45) is 0. The van der Waals surface area contributed by atoms with Gasteiger partial charge in [0, 0.05) is 13.6 Å². The summed E-state index contributed by atoms with van der Waals surface area (Å²) in [5, 5.41) is 0.111. The maximum Gasteiger partial charge on any atom is 0.332 e. The number of halogens is 1. The molecule has 0 saturated heterocycles. The van der Waals surface area contributed by atoms with E-state index in [1.165, 1.54) is 11.6 Å².